The highest BCUT2D eigenvalue weighted by Gasteiger charge is 2.18. The van der Waals surface area contributed by atoms with Crippen LogP contribution >= 0.6 is 0 Å². The van der Waals surface area contributed by atoms with Crippen LogP contribution in [0.4, 0.5) is 17.6 Å². The highest BCUT2D eigenvalue weighted by Crippen LogP contribution is 2.28. The average Bonchev–Trinajstić information content (AvgIpc) is 2.16. The van der Waals surface area contributed by atoms with Crippen molar-refractivity contribution in [2.45, 2.75) is 25.5 Å². The third-order valence-corrected chi connectivity index (χ3v) is 1.97. The maximum Gasteiger partial charge on any atom is 0.387 e. The van der Waals surface area contributed by atoms with Crippen molar-refractivity contribution in [2.24, 2.45) is 5.73 Å². The normalized spacial score (nSPS) is 13.2. The van der Waals surface area contributed by atoms with Crippen LogP contribution in [0.1, 0.15) is 18.0 Å². The molecule has 0 aromatic heterocycles. The summed E-state index contributed by atoms with van der Waals surface area (Å²) in [6.45, 7) is -3.00. The second-order valence-corrected chi connectivity index (χ2v) is 3.15. The van der Waals surface area contributed by atoms with Crippen molar-refractivity contribution in [2.75, 3.05) is 0 Å². The first kappa shape index (κ1) is 12.8. The number of hydrogen-bond donors (Lipinski definition) is 1. The lowest BCUT2D eigenvalue weighted by Gasteiger charge is -2.16. The second kappa shape index (κ2) is 5.69. The fourth-order valence-corrected chi connectivity index (χ4v) is 1.31. The van der Waals surface area contributed by atoms with Gasteiger partial charge in [0.05, 0.1) is 0 Å². The number of nitrogens with two attached hydrogens (primary N) is 1. The van der Waals surface area contributed by atoms with Gasteiger partial charge in [0.2, 0.25) is 6.43 Å². The lowest BCUT2D eigenvalue weighted by molar-refractivity contribution is -0.0507. The summed E-state index contributed by atoms with van der Waals surface area (Å²) in [4.78, 5) is 0. The standard InChI is InChI=1S/C10H11F4NO/c11-9(12)5-7(15)6-3-1-2-4-8(6)16-10(13)14/h1-4,7,9-10H,5,15H2/t7-/m1/s1. The first-order valence-electron chi connectivity index (χ1n) is 4.58. The third kappa shape index (κ3) is 3.69. The van der Waals surface area contributed by atoms with Gasteiger partial charge in [-0.1, -0.05) is 18.2 Å². The van der Waals surface area contributed by atoms with Gasteiger partial charge in [-0.05, 0) is 6.07 Å². The van der Waals surface area contributed by atoms with Crippen molar-refractivity contribution in [3.8, 4) is 5.75 Å². The van der Waals surface area contributed by atoms with Crippen LogP contribution in [0.25, 0.3) is 0 Å². The summed E-state index contributed by atoms with van der Waals surface area (Å²) in [5, 5.41) is 0. The maximum atomic E-state index is 12.1. The summed E-state index contributed by atoms with van der Waals surface area (Å²) in [7, 11) is 0. The van der Waals surface area contributed by atoms with E-state index in [9.17, 15) is 17.6 Å². The largest absolute Gasteiger partial charge is 0.434 e. The summed E-state index contributed by atoms with van der Waals surface area (Å²) in [5.41, 5.74) is 5.62. The fraction of sp³-hybridized carbons (Fsp3) is 0.400. The molecular formula is C10H11F4NO. The molecule has 0 radical (unpaired) electrons. The Hall–Kier alpha value is -1.30. The second-order valence-electron chi connectivity index (χ2n) is 3.15. The molecule has 16 heavy (non-hydrogen) atoms. The van der Waals surface area contributed by atoms with Crippen LogP contribution in [-0.4, -0.2) is 13.0 Å². The highest BCUT2D eigenvalue weighted by molar-refractivity contribution is 5.35. The number of rotatable bonds is 5. The van der Waals surface area contributed by atoms with Gasteiger partial charge in [-0.25, -0.2) is 8.78 Å². The Morgan fingerprint density at radius 2 is 1.75 bits per heavy atom. The van der Waals surface area contributed by atoms with Gasteiger partial charge in [-0.3, -0.25) is 0 Å². The van der Waals surface area contributed by atoms with Gasteiger partial charge >= 0.3 is 6.61 Å². The zero-order chi connectivity index (χ0) is 12.1. The molecule has 1 atom stereocenters. The van der Waals surface area contributed by atoms with E-state index in [0.717, 1.165) is 0 Å². The highest BCUT2D eigenvalue weighted by atomic mass is 19.3. The molecule has 0 fully saturated rings. The number of halogens is 4. The van der Waals surface area contributed by atoms with Gasteiger partial charge in [-0.2, -0.15) is 8.78 Å². The molecule has 1 rings (SSSR count). The predicted octanol–water partition coefficient (Wildman–Crippen LogP) is 2.94. The minimum absolute atomic E-state index is 0.156. The Labute approximate surface area is 90.0 Å². The number of hydrogen-bond acceptors (Lipinski definition) is 2. The van der Waals surface area contributed by atoms with Crippen molar-refractivity contribution >= 4 is 0 Å². The number of benzene rings is 1. The molecule has 0 amide bonds. The molecule has 0 saturated heterocycles. The number of alkyl halides is 4. The minimum Gasteiger partial charge on any atom is -0.434 e. The zero-order valence-electron chi connectivity index (χ0n) is 8.25. The fourth-order valence-electron chi connectivity index (χ4n) is 1.31. The van der Waals surface area contributed by atoms with E-state index in [-0.39, 0.29) is 11.3 Å². The maximum absolute atomic E-state index is 12.1. The van der Waals surface area contributed by atoms with Crippen LogP contribution in [-0.2, 0) is 0 Å². The van der Waals surface area contributed by atoms with Gasteiger partial charge in [0.1, 0.15) is 5.75 Å². The Balaban J connectivity index is 2.85. The molecule has 1 aromatic rings. The van der Waals surface area contributed by atoms with Crippen molar-refractivity contribution in [3.63, 3.8) is 0 Å². The molecule has 6 heteroatoms. The Morgan fingerprint density at radius 3 is 2.31 bits per heavy atom. The summed E-state index contributed by atoms with van der Waals surface area (Å²) >= 11 is 0. The van der Waals surface area contributed by atoms with E-state index in [1.165, 1.54) is 24.3 Å². The number of para-hydroxylation sites is 1. The first-order valence-corrected chi connectivity index (χ1v) is 4.58. The Kier molecular flexibility index (Phi) is 4.54. The van der Waals surface area contributed by atoms with Crippen molar-refractivity contribution in [1.82, 2.24) is 0 Å². The SMILES string of the molecule is N[C@H](CC(F)F)c1ccccc1OC(F)F. The predicted molar refractivity (Wildman–Crippen MR) is 50.6 cm³/mol. The molecule has 1 aromatic carbocycles. The summed E-state index contributed by atoms with van der Waals surface area (Å²) < 4.78 is 52.4. The lowest BCUT2D eigenvalue weighted by Crippen LogP contribution is -2.16. The molecule has 0 aliphatic heterocycles. The van der Waals surface area contributed by atoms with Crippen LogP contribution in [0, 0.1) is 0 Å². The molecule has 90 valence electrons. The quantitative estimate of drug-likeness (QED) is 0.799. The number of ether oxygens (including phenoxy) is 1. The van der Waals surface area contributed by atoms with Gasteiger partial charge in [0.15, 0.2) is 0 Å². The van der Waals surface area contributed by atoms with E-state index < -0.39 is 25.5 Å². The third-order valence-electron chi connectivity index (χ3n) is 1.97. The smallest absolute Gasteiger partial charge is 0.387 e. The average molecular weight is 237 g/mol. The minimum atomic E-state index is -3.00. The van der Waals surface area contributed by atoms with Gasteiger partial charge in [0, 0.05) is 18.0 Å². The van der Waals surface area contributed by atoms with Crippen molar-refractivity contribution < 1.29 is 22.3 Å². The van der Waals surface area contributed by atoms with E-state index in [2.05, 4.69) is 4.74 Å². The molecule has 0 heterocycles. The monoisotopic (exact) mass is 237 g/mol. The van der Waals surface area contributed by atoms with Crippen LogP contribution < -0.4 is 10.5 Å². The van der Waals surface area contributed by atoms with Gasteiger partial charge < -0.3 is 10.5 Å². The lowest BCUT2D eigenvalue weighted by atomic mass is 10.0. The van der Waals surface area contributed by atoms with Gasteiger partial charge in [0.25, 0.3) is 0 Å². The van der Waals surface area contributed by atoms with E-state index in [4.69, 9.17) is 5.73 Å². The summed E-state index contributed by atoms with van der Waals surface area (Å²) in [5.74, 6) is -0.161. The van der Waals surface area contributed by atoms with Crippen molar-refractivity contribution in [3.05, 3.63) is 29.8 Å². The van der Waals surface area contributed by atoms with Crippen LogP contribution in [0.15, 0.2) is 24.3 Å². The molecule has 0 spiro atoms. The Bertz CT molecular complexity index is 332. The molecule has 0 aliphatic rings. The molecule has 2 N–H and O–H groups in total. The molecule has 0 bridgehead atoms. The molecule has 2 nitrogen and oxygen atoms in total. The summed E-state index contributed by atoms with van der Waals surface area (Å²) in [6, 6.07) is 4.64. The van der Waals surface area contributed by atoms with Crippen LogP contribution in [0.3, 0.4) is 0 Å². The van der Waals surface area contributed by atoms with E-state index in [0.29, 0.717) is 0 Å². The first-order chi connectivity index (χ1) is 7.50. The Morgan fingerprint density at radius 1 is 1.12 bits per heavy atom. The van der Waals surface area contributed by atoms with Crippen molar-refractivity contribution in [1.29, 1.82) is 0 Å². The van der Waals surface area contributed by atoms with Gasteiger partial charge in [-0.15, -0.1) is 0 Å². The zero-order valence-corrected chi connectivity index (χ0v) is 8.25. The summed E-state index contributed by atoms with van der Waals surface area (Å²) in [6.07, 6.45) is -3.18. The molecule has 0 unspecified atom stereocenters. The van der Waals surface area contributed by atoms with Crippen LogP contribution in [0.2, 0.25) is 0 Å². The van der Waals surface area contributed by atoms with E-state index >= 15 is 0 Å². The molecule has 0 aliphatic carbocycles. The van der Waals surface area contributed by atoms with Crippen LogP contribution in [0.5, 0.6) is 5.75 Å². The van der Waals surface area contributed by atoms with E-state index in [1.54, 1.807) is 0 Å². The molecule has 0 saturated carbocycles. The topological polar surface area (TPSA) is 35.2 Å². The molecular weight excluding hydrogens is 226 g/mol. The van der Waals surface area contributed by atoms with E-state index in [1.807, 2.05) is 0 Å².